The highest BCUT2D eigenvalue weighted by Gasteiger charge is 2.23. The number of carbonyl (C=O) groups excluding carboxylic acids is 1. The van der Waals surface area contributed by atoms with Gasteiger partial charge < -0.3 is 9.47 Å². The number of ether oxygens (including phenoxy) is 2. The third-order valence-electron chi connectivity index (χ3n) is 2.50. The molecule has 0 heterocycles. The minimum Gasteiger partial charge on any atom is -0.358 e. The normalized spacial score (nSPS) is 13.6. The molecule has 0 aromatic heterocycles. The van der Waals surface area contributed by atoms with E-state index in [4.69, 9.17) is 9.47 Å². The minimum absolute atomic E-state index is 0.0473. The molecule has 0 aromatic carbocycles. The Bertz CT molecular complexity index is 200. The SMILES string of the molecule is CCC(CCC([SiH3])(OC)OC)N=C=O. The summed E-state index contributed by atoms with van der Waals surface area (Å²) in [5.41, 5.74) is -0.439. The lowest BCUT2D eigenvalue weighted by atomic mass is 10.1. The van der Waals surface area contributed by atoms with Crippen molar-refractivity contribution in [3.05, 3.63) is 0 Å². The number of hydrogen-bond acceptors (Lipinski definition) is 4. The van der Waals surface area contributed by atoms with Gasteiger partial charge in [-0.1, -0.05) is 6.92 Å². The van der Waals surface area contributed by atoms with Crippen molar-refractivity contribution in [1.82, 2.24) is 0 Å². The third kappa shape index (κ3) is 4.67. The van der Waals surface area contributed by atoms with Crippen LogP contribution in [0, 0.1) is 0 Å². The summed E-state index contributed by atoms with van der Waals surface area (Å²) in [6.45, 7) is 2.00. The second kappa shape index (κ2) is 6.90. The zero-order chi connectivity index (χ0) is 11.0. The highest BCUT2D eigenvalue weighted by atomic mass is 28.1. The first kappa shape index (κ1) is 13.5. The molecule has 14 heavy (non-hydrogen) atoms. The Kier molecular flexibility index (Phi) is 6.66. The number of hydrogen-bond donors (Lipinski definition) is 0. The average molecular weight is 217 g/mol. The standard InChI is InChI=1S/C9H19NO3Si/c1-4-8(10-7-11)5-6-9(14,12-2)13-3/h8H,4-6H2,1-3,14H3. The van der Waals surface area contributed by atoms with Crippen LogP contribution in [-0.4, -0.2) is 42.0 Å². The van der Waals surface area contributed by atoms with Crippen molar-refractivity contribution in [3.8, 4) is 0 Å². The quantitative estimate of drug-likeness (QED) is 0.265. The first-order valence-electron chi connectivity index (χ1n) is 4.79. The smallest absolute Gasteiger partial charge is 0.235 e. The molecule has 0 aliphatic heterocycles. The van der Waals surface area contributed by atoms with Gasteiger partial charge in [-0.2, -0.15) is 0 Å². The van der Waals surface area contributed by atoms with Crippen molar-refractivity contribution in [2.45, 2.75) is 37.6 Å². The van der Waals surface area contributed by atoms with E-state index in [1.165, 1.54) is 0 Å². The molecule has 0 aliphatic rings. The summed E-state index contributed by atoms with van der Waals surface area (Å²) in [6, 6.07) is 0.0473. The van der Waals surface area contributed by atoms with E-state index >= 15 is 0 Å². The summed E-state index contributed by atoms with van der Waals surface area (Å²) < 4.78 is 10.5. The Labute approximate surface area is 88.1 Å². The average Bonchev–Trinajstić information content (AvgIpc) is 2.23. The third-order valence-corrected chi connectivity index (χ3v) is 3.82. The summed E-state index contributed by atoms with van der Waals surface area (Å²) in [5.74, 6) is 0. The molecule has 1 unspecified atom stereocenters. The van der Waals surface area contributed by atoms with Gasteiger partial charge in [-0.05, 0) is 19.3 Å². The predicted octanol–water partition coefficient (Wildman–Crippen LogP) is 0.193. The maximum atomic E-state index is 10.1. The molecule has 1 atom stereocenters. The summed E-state index contributed by atoms with van der Waals surface area (Å²) in [6.07, 6.45) is 4.02. The van der Waals surface area contributed by atoms with E-state index in [2.05, 4.69) is 4.99 Å². The molecule has 0 fully saturated rings. The molecule has 0 amide bonds. The van der Waals surface area contributed by atoms with Crippen LogP contribution in [0.1, 0.15) is 26.2 Å². The van der Waals surface area contributed by atoms with Gasteiger partial charge in [0.2, 0.25) is 6.08 Å². The van der Waals surface area contributed by atoms with Gasteiger partial charge >= 0.3 is 0 Å². The zero-order valence-electron chi connectivity index (χ0n) is 9.37. The van der Waals surface area contributed by atoms with Crippen LogP contribution in [0.15, 0.2) is 4.99 Å². The van der Waals surface area contributed by atoms with E-state index in [9.17, 15) is 4.79 Å². The number of methoxy groups -OCH3 is 2. The second-order valence-electron chi connectivity index (χ2n) is 3.36. The van der Waals surface area contributed by atoms with Gasteiger partial charge in [-0.15, -0.1) is 0 Å². The fourth-order valence-corrected chi connectivity index (χ4v) is 1.44. The molecule has 0 rings (SSSR count). The van der Waals surface area contributed by atoms with Crippen LogP contribution < -0.4 is 0 Å². The molecular formula is C9H19NO3Si. The van der Waals surface area contributed by atoms with Gasteiger partial charge in [0.25, 0.3) is 0 Å². The molecule has 0 saturated carbocycles. The van der Waals surface area contributed by atoms with Gasteiger partial charge in [0.05, 0.1) is 16.3 Å². The van der Waals surface area contributed by atoms with Crippen molar-refractivity contribution in [2.24, 2.45) is 4.99 Å². The van der Waals surface area contributed by atoms with E-state index < -0.39 is 5.41 Å². The number of isocyanates is 1. The number of rotatable bonds is 7. The Balaban J connectivity index is 4.06. The van der Waals surface area contributed by atoms with E-state index in [0.29, 0.717) is 0 Å². The van der Waals surface area contributed by atoms with Crippen LogP contribution in [0.2, 0.25) is 0 Å². The second-order valence-corrected chi connectivity index (χ2v) is 4.89. The lowest BCUT2D eigenvalue weighted by molar-refractivity contribution is -0.147. The maximum absolute atomic E-state index is 10.1. The van der Waals surface area contributed by atoms with Crippen LogP contribution in [0.4, 0.5) is 0 Å². The Morgan fingerprint density at radius 3 is 2.43 bits per heavy atom. The number of aliphatic imine (C=N–C) groups is 1. The first-order valence-corrected chi connectivity index (χ1v) is 5.79. The molecule has 0 N–H and O–H groups in total. The van der Waals surface area contributed by atoms with Gasteiger partial charge in [0.15, 0.2) is 0 Å². The molecule has 82 valence electrons. The van der Waals surface area contributed by atoms with E-state index in [1.54, 1.807) is 20.3 Å². The predicted molar refractivity (Wildman–Crippen MR) is 58.1 cm³/mol. The molecule has 0 aliphatic carbocycles. The highest BCUT2D eigenvalue weighted by molar-refractivity contribution is 6.13. The Morgan fingerprint density at radius 2 is 2.07 bits per heavy atom. The molecule has 0 bridgehead atoms. The zero-order valence-corrected chi connectivity index (χ0v) is 11.4. The van der Waals surface area contributed by atoms with Crippen molar-refractivity contribution >= 4 is 16.3 Å². The van der Waals surface area contributed by atoms with Crippen molar-refractivity contribution in [3.63, 3.8) is 0 Å². The fourth-order valence-electron chi connectivity index (χ4n) is 1.15. The van der Waals surface area contributed by atoms with E-state index in [0.717, 1.165) is 29.5 Å². The number of nitrogens with zero attached hydrogens (tertiary/aromatic N) is 1. The molecule has 0 saturated heterocycles. The lowest BCUT2D eigenvalue weighted by Crippen LogP contribution is -2.35. The minimum atomic E-state index is -0.439. The summed E-state index contributed by atoms with van der Waals surface area (Å²) in [7, 11) is 4.08. The molecule has 0 spiro atoms. The highest BCUT2D eigenvalue weighted by Crippen LogP contribution is 2.17. The lowest BCUT2D eigenvalue weighted by Gasteiger charge is -2.27. The van der Waals surface area contributed by atoms with Crippen LogP contribution in [0.5, 0.6) is 0 Å². The summed E-state index contributed by atoms with van der Waals surface area (Å²) >= 11 is 0. The Hall–Kier alpha value is -0.483. The first-order chi connectivity index (χ1) is 6.61. The molecule has 5 heteroatoms. The van der Waals surface area contributed by atoms with Crippen molar-refractivity contribution in [2.75, 3.05) is 14.2 Å². The maximum Gasteiger partial charge on any atom is 0.235 e. The molecular weight excluding hydrogens is 198 g/mol. The monoisotopic (exact) mass is 217 g/mol. The van der Waals surface area contributed by atoms with E-state index in [1.807, 2.05) is 6.92 Å². The van der Waals surface area contributed by atoms with Gasteiger partial charge in [-0.25, -0.2) is 9.79 Å². The molecule has 4 nitrogen and oxygen atoms in total. The van der Waals surface area contributed by atoms with Gasteiger partial charge in [-0.3, -0.25) is 0 Å². The molecule has 0 radical (unpaired) electrons. The van der Waals surface area contributed by atoms with Crippen LogP contribution in [-0.2, 0) is 14.3 Å². The largest absolute Gasteiger partial charge is 0.358 e. The van der Waals surface area contributed by atoms with Gasteiger partial charge in [0.1, 0.15) is 5.41 Å². The fraction of sp³-hybridized carbons (Fsp3) is 0.889. The van der Waals surface area contributed by atoms with E-state index in [-0.39, 0.29) is 6.04 Å². The summed E-state index contributed by atoms with van der Waals surface area (Å²) in [4.78, 5) is 13.8. The molecule has 0 aromatic rings. The van der Waals surface area contributed by atoms with Crippen LogP contribution in [0.25, 0.3) is 0 Å². The topological polar surface area (TPSA) is 47.9 Å². The van der Waals surface area contributed by atoms with Crippen molar-refractivity contribution in [1.29, 1.82) is 0 Å². The van der Waals surface area contributed by atoms with Gasteiger partial charge in [0, 0.05) is 14.2 Å². The van der Waals surface area contributed by atoms with Crippen molar-refractivity contribution < 1.29 is 14.3 Å². The summed E-state index contributed by atoms with van der Waals surface area (Å²) in [5, 5.41) is 0. The van der Waals surface area contributed by atoms with Crippen LogP contribution in [0.3, 0.4) is 0 Å². The van der Waals surface area contributed by atoms with Crippen LogP contribution >= 0.6 is 0 Å². The Morgan fingerprint density at radius 1 is 1.50 bits per heavy atom.